The van der Waals surface area contributed by atoms with E-state index in [1.807, 2.05) is 48.7 Å². The average molecular weight is 236 g/mol. The van der Waals surface area contributed by atoms with Crippen molar-refractivity contribution in [2.45, 2.75) is 6.54 Å². The van der Waals surface area contributed by atoms with Gasteiger partial charge in [0.2, 0.25) is 0 Å². The van der Waals surface area contributed by atoms with E-state index < -0.39 is 0 Å². The molecule has 0 amide bonds. The second-order valence-corrected chi connectivity index (χ2v) is 4.20. The van der Waals surface area contributed by atoms with Crippen LogP contribution in [0.3, 0.4) is 0 Å². The number of fused-ring (bicyclic) bond motifs is 1. The summed E-state index contributed by atoms with van der Waals surface area (Å²) in [5, 5.41) is 1.14. The van der Waals surface area contributed by atoms with Crippen molar-refractivity contribution in [1.29, 1.82) is 0 Å². The van der Waals surface area contributed by atoms with E-state index in [9.17, 15) is 4.79 Å². The average Bonchev–Trinajstić information content (AvgIpc) is 2.82. The SMILES string of the molecule is O=Cc1ccc2ccn(Cc3ccccn3)c2c1. The molecular weight excluding hydrogens is 224 g/mol. The molecule has 2 heterocycles. The maximum atomic E-state index is 10.8. The van der Waals surface area contributed by atoms with Crippen LogP contribution in [-0.2, 0) is 6.54 Å². The number of nitrogens with zero attached hydrogens (tertiary/aromatic N) is 2. The molecule has 3 rings (SSSR count). The number of benzene rings is 1. The number of carbonyl (C=O) groups excluding carboxylic acids is 1. The molecule has 0 bridgehead atoms. The van der Waals surface area contributed by atoms with Gasteiger partial charge in [-0.15, -0.1) is 0 Å². The number of carbonyl (C=O) groups is 1. The van der Waals surface area contributed by atoms with E-state index in [0.29, 0.717) is 12.1 Å². The molecule has 0 radical (unpaired) electrons. The molecule has 0 unspecified atom stereocenters. The Kier molecular flexibility index (Phi) is 2.65. The largest absolute Gasteiger partial charge is 0.341 e. The fourth-order valence-electron chi connectivity index (χ4n) is 2.08. The Labute approximate surface area is 105 Å². The molecule has 3 aromatic rings. The minimum absolute atomic E-state index is 0.698. The van der Waals surface area contributed by atoms with Gasteiger partial charge in [-0.2, -0.15) is 0 Å². The molecule has 18 heavy (non-hydrogen) atoms. The zero-order valence-corrected chi connectivity index (χ0v) is 9.78. The highest BCUT2D eigenvalue weighted by Crippen LogP contribution is 2.18. The van der Waals surface area contributed by atoms with Crippen LogP contribution in [0, 0.1) is 0 Å². The van der Waals surface area contributed by atoms with E-state index in [4.69, 9.17) is 0 Å². The molecule has 88 valence electrons. The van der Waals surface area contributed by atoms with E-state index in [1.54, 1.807) is 6.20 Å². The smallest absolute Gasteiger partial charge is 0.150 e. The number of aromatic nitrogens is 2. The van der Waals surface area contributed by atoms with E-state index in [1.165, 1.54) is 0 Å². The van der Waals surface area contributed by atoms with Gasteiger partial charge in [-0.25, -0.2) is 0 Å². The summed E-state index contributed by atoms with van der Waals surface area (Å²) >= 11 is 0. The number of rotatable bonds is 3. The van der Waals surface area contributed by atoms with Crippen molar-refractivity contribution in [3.63, 3.8) is 0 Å². The summed E-state index contributed by atoms with van der Waals surface area (Å²) in [5.41, 5.74) is 2.76. The van der Waals surface area contributed by atoms with Gasteiger partial charge in [0.15, 0.2) is 0 Å². The lowest BCUT2D eigenvalue weighted by Crippen LogP contribution is -1.99. The molecule has 3 heteroatoms. The van der Waals surface area contributed by atoms with Crippen LogP contribution >= 0.6 is 0 Å². The zero-order valence-electron chi connectivity index (χ0n) is 9.78. The van der Waals surface area contributed by atoms with E-state index in [0.717, 1.165) is 22.9 Å². The van der Waals surface area contributed by atoms with Crippen molar-refractivity contribution in [1.82, 2.24) is 9.55 Å². The number of hydrogen-bond donors (Lipinski definition) is 0. The molecule has 0 aliphatic rings. The molecule has 2 aromatic heterocycles. The van der Waals surface area contributed by atoms with Crippen molar-refractivity contribution in [3.8, 4) is 0 Å². The van der Waals surface area contributed by atoms with Crippen LogP contribution < -0.4 is 0 Å². The standard InChI is InChI=1S/C15H12N2O/c18-11-12-4-5-13-6-8-17(15(13)9-12)10-14-3-1-2-7-16-14/h1-9,11H,10H2. The minimum Gasteiger partial charge on any atom is -0.341 e. The second kappa shape index (κ2) is 4.45. The van der Waals surface area contributed by atoms with Crippen LogP contribution in [0.15, 0.2) is 54.9 Å². The van der Waals surface area contributed by atoms with Gasteiger partial charge in [0.1, 0.15) is 6.29 Å². The van der Waals surface area contributed by atoms with Crippen molar-refractivity contribution in [3.05, 3.63) is 66.1 Å². The van der Waals surface area contributed by atoms with Gasteiger partial charge in [0.05, 0.1) is 12.2 Å². The highest BCUT2D eigenvalue weighted by atomic mass is 16.1. The van der Waals surface area contributed by atoms with Gasteiger partial charge in [-0.3, -0.25) is 9.78 Å². The molecule has 0 saturated carbocycles. The monoisotopic (exact) mass is 236 g/mol. The Balaban J connectivity index is 2.04. The van der Waals surface area contributed by atoms with E-state index >= 15 is 0 Å². The van der Waals surface area contributed by atoms with Crippen LogP contribution in [-0.4, -0.2) is 15.8 Å². The lowest BCUT2D eigenvalue weighted by atomic mass is 10.2. The molecule has 1 aromatic carbocycles. The highest BCUT2D eigenvalue weighted by Gasteiger charge is 2.03. The minimum atomic E-state index is 0.698. The van der Waals surface area contributed by atoms with E-state index in [2.05, 4.69) is 9.55 Å². The summed E-state index contributed by atoms with van der Waals surface area (Å²) < 4.78 is 2.10. The van der Waals surface area contributed by atoms with Gasteiger partial charge in [0.25, 0.3) is 0 Å². The van der Waals surface area contributed by atoms with Crippen LogP contribution in [0.25, 0.3) is 10.9 Å². The number of hydrogen-bond acceptors (Lipinski definition) is 2. The summed E-state index contributed by atoms with van der Waals surface area (Å²) in [7, 11) is 0. The van der Waals surface area contributed by atoms with Gasteiger partial charge in [-0.1, -0.05) is 18.2 Å². The first-order chi connectivity index (χ1) is 8.86. The predicted molar refractivity (Wildman–Crippen MR) is 70.7 cm³/mol. The fourth-order valence-corrected chi connectivity index (χ4v) is 2.08. The first-order valence-electron chi connectivity index (χ1n) is 5.81. The van der Waals surface area contributed by atoms with Crippen molar-refractivity contribution >= 4 is 17.2 Å². The zero-order chi connectivity index (χ0) is 12.4. The van der Waals surface area contributed by atoms with Crippen molar-refractivity contribution < 1.29 is 4.79 Å². The maximum absolute atomic E-state index is 10.8. The normalized spacial score (nSPS) is 10.7. The van der Waals surface area contributed by atoms with E-state index in [-0.39, 0.29) is 0 Å². The topological polar surface area (TPSA) is 34.9 Å². The number of aldehydes is 1. The lowest BCUT2D eigenvalue weighted by Gasteiger charge is -2.05. The van der Waals surface area contributed by atoms with Gasteiger partial charge < -0.3 is 4.57 Å². The maximum Gasteiger partial charge on any atom is 0.150 e. The molecule has 0 saturated heterocycles. The Morgan fingerprint density at radius 2 is 2.11 bits per heavy atom. The summed E-state index contributed by atoms with van der Waals surface area (Å²) in [5.74, 6) is 0. The Hall–Kier alpha value is -2.42. The third kappa shape index (κ3) is 1.91. The molecule has 0 atom stereocenters. The van der Waals surface area contributed by atoms with Crippen LogP contribution in [0.1, 0.15) is 16.1 Å². The Morgan fingerprint density at radius 1 is 1.17 bits per heavy atom. The predicted octanol–water partition coefficient (Wildman–Crippen LogP) is 2.90. The third-order valence-corrected chi connectivity index (χ3v) is 2.99. The van der Waals surface area contributed by atoms with Crippen molar-refractivity contribution in [2.24, 2.45) is 0 Å². The molecule has 0 spiro atoms. The molecule has 3 nitrogen and oxygen atoms in total. The van der Waals surface area contributed by atoms with Gasteiger partial charge >= 0.3 is 0 Å². The summed E-state index contributed by atoms with van der Waals surface area (Å²) in [4.78, 5) is 15.1. The third-order valence-electron chi connectivity index (χ3n) is 2.99. The second-order valence-electron chi connectivity index (χ2n) is 4.20. The van der Waals surface area contributed by atoms with Gasteiger partial charge in [0, 0.05) is 23.5 Å². The first-order valence-corrected chi connectivity index (χ1v) is 5.81. The molecule has 0 aliphatic heterocycles. The quantitative estimate of drug-likeness (QED) is 0.655. The van der Waals surface area contributed by atoms with Crippen LogP contribution in [0.4, 0.5) is 0 Å². The highest BCUT2D eigenvalue weighted by molar-refractivity contribution is 5.87. The first kappa shape index (κ1) is 10.7. The fraction of sp³-hybridized carbons (Fsp3) is 0.0667. The van der Waals surface area contributed by atoms with Gasteiger partial charge in [-0.05, 0) is 29.7 Å². The van der Waals surface area contributed by atoms with Crippen LogP contribution in [0.5, 0.6) is 0 Å². The molecule has 0 aliphatic carbocycles. The van der Waals surface area contributed by atoms with Crippen molar-refractivity contribution in [2.75, 3.05) is 0 Å². The summed E-state index contributed by atoms with van der Waals surface area (Å²) in [6.45, 7) is 0.715. The lowest BCUT2D eigenvalue weighted by molar-refractivity contribution is 0.112. The number of pyridine rings is 1. The molecule has 0 N–H and O–H groups in total. The van der Waals surface area contributed by atoms with Crippen LogP contribution in [0.2, 0.25) is 0 Å². The Bertz CT molecular complexity index is 686. The molecule has 0 fully saturated rings. The summed E-state index contributed by atoms with van der Waals surface area (Å²) in [6, 6.07) is 13.6. The Morgan fingerprint density at radius 3 is 2.89 bits per heavy atom. The molecular formula is C15H12N2O. The summed E-state index contributed by atoms with van der Waals surface area (Å²) in [6.07, 6.45) is 4.68.